The maximum atomic E-state index is 12.7. The molecule has 3 heterocycles. The molecule has 374 valence electrons. The topological polar surface area (TPSA) is 64.1 Å². The number of hydrogen-bond donors (Lipinski definition) is 1. The van der Waals surface area contributed by atoms with E-state index >= 15 is 0 Å². The molecule has 0 fully saturated rings. The second-order valence-corrected chi connectivity index (χ2v) is 24.6. The van der Waals surface area contributed by atoms with Crippen LogP contribution in [-0.2, 0) is 21.7 Å². The summed E-state index contributed by atoms with van der Waals surface area (Å²) in [5.41, 5.74) is 19.3. The Morgan fingerprint density at radius 2 is 1.04 bits per heavy atom. The van der Waals surface area contributed by atoms with Crippen LogP contribution in [0.15, 0.2) is 187 Å². The lowest BCUT2D eigenvalue weighted by atomic mass is 9.79. The lowest BCUT2D eigenvalue weighted by Crippen LogP contribution is -2.17. The fraction of sp³-hybridized carbons (Fsp3) is 0.229. The van der Waals surface area contributed by atoms with Crippen LogP contribution >= 0.6 is 0 Å². The van der Waals surface area contributed by atoms with Gasteiger partial charge in [0.1, 0.15) is 22.7 Å². The van der Waals surface area contributed by atoms with Crippen LogP contribution < -0.4 is 0 Å². The predicted octanol–water partition coefficient (Wildman–Crippen LogP) is 19.2. The van der Waals surface area contributed by atoms with E-state index in [4.69, 9.17) is 14.4 Å². The minimum atomic E-state index is -0.340. The molecule has 0 aliphatic rings. The van der Waals surface area contributed by atoms with Crippen molar-refractivity contribution in [2.24, 2.45) is 0 Å². The van der Waals surface area contributed by atoms with Gasteiger partial charge in [0.25, 0.3) is 0 Å². The number of benzene rings is 8. The van der Waals surface area contributed by atoms with E-state index in [1.807, 2.05) is 12.3 Å². The first-order valence-electron chi connectivity index (χ1n) is 26.4. The summed E-state index contributed by atoms with van der Waals surface area (Å²) in [6.45, 7) is 26.8. The molecule has 0 bridgehead atoms. The van der Waals surface area contributed by atoms with Gasteiger partial charge in [0.05, 0.1) is 28.0 Å². The van der Waals surface area contributed by atoms with Gasteiger partial charge >= 0.3 is 0 Å². The van der Waals surface area contributed by atoms with Gasteiger partial charge in [-0.15, -0.1) is 0 Å². The molecule has 0 atom stereocenters. The third-order valence-corrected chi connectivity index (χ3v) is 15.0. The first kappa shape index (κ1) is 49.2. The van der Waals surface area contributed by atoms with E-state index in [1.54, 1.807) is 0 Å². The Labute approximate surface area is 442 Å². The number of furan rings is 1. The average Bonchev–Trinajstić information content (AvgIpc) is 3.96. The summed E-state index contributed by atoms with van der Waals surface area (Å²) in [5, 5.41) is 14.8. The molecule has 3 aromatic heterocycles. The first-order valence-corrected chi connectivity index (χ1v) is 26.4. The summed E-state index contributed by atoms with van der Waals surface area (Å²) in [7, 11) is 0. The Bertz CT molecular complexity index is 3980. The number of hydrogen-bond acceptors (Lipinski definition) is 4. The standard InChI is InChI=1S/C70H67N3O2/c1-67(2,3)49-30-32-60(56(40-49)44-23-17-14-18-24-44)73-61-28-20-25-52(63(61)72-66(73)57-41-51(69(7,8)9)42-58(64(57)74)70(10,11)12)47-35-48(37-50(36-47)68(4,5)6)59-38-46(33-34-71-59)45-29-31-54-55-27-19-26-53(43-21-15-13-16-22-43)65(55)75-62(54)39-45/h13-42,74H,1-12H3. The summed E-state index contributed by atoms with van der Waals surface area (Å²) in [4.78, 5) is 10.8. The van der Waals surface area contributed by atoms with Crippen LogP contribution in [0.1, 0.15) is 105 Å². The first-order chi connectivity index (χ1) is 35.6. The molecule has 75 heavy (non-hydrogen) atoms. The number of aromatic nitrogens is 3. The molecule has 0 spiro atoms. The third kappa shape index (κ3) is 9.13. The number of phenolic OH excluding ortho intramolecular Hbond substituents is 1. The van der Waals surface area contributed by atoms with Crippen LogP contribution in [0.2, 0.25) is 0 Å². The second kappa shape index (κ2) is 18.1. The summed E-state index contributed by atoms with van der Waals surface area (Å²) in [5.74, 6) is 0.937. The van der Waals surface area contributed by atoms with E-state index in [0.29, 0.717) is 11.4 Å². The summed E-state index contributed by atoms with van der Waals surface area (Å²) >= 11 is 0. The van der Waals surface area contributed by atoms with Crippen LogP contribution in [-0.4, -0.2) is 19.6 Å². The molecule has 0 unspecified atom stereocenters. The molecular formula is C70H67N3O2. The molecule has 8 aromatic carbocycles. The minimum Gasteiger partial charge on any atom is -0.507 e. The Balaban J connectivity index is 1.12. The second-order valence-electron chi connectivity index (χ2n) is 24.6. The average molecular weight is 982 g/mol. The van der Waals surface area contributed by atoms with Crippen LogP contribution in [0.25, 0.3) is 106 Å². The molecule has 0 radical (unpaired) electrons. The van der Waals surface area contributed by atoms with Gasteiger partial charge in [-0.3, -0.25) is 9.55 Å². The number of para-hydroxylation sites is 2. The van der Waals surface area contributed by atoms with E-state index in [0.717, 1.165) is 106 Å². The van der Waals surface area contributed by atoms with E-state index in [9.17, 15) is 5.11 Å². The Kier molecular flexibility index (Phi) is 11.9. The fourth-order valence-corrected chi connectivity index (χ4v) is 10.6. The Hall–Kier alpha value is -8.02. The molecule has 1 N–H and O–H groups in total. The molecule has 0 aliphatic heterocycles. The summed E-state index contributed by atoms with van der Waals surface area (Å²) in [6.07, 6.45) is 1.92. The molecule has 5 heteroatoms. The number of phenols is 1. The highest BCUT2D eigenvalue weighted by atomic mass is 16.3. The molecule has 0 saturated heterocycles. The lowest BCUT2D eigenvalue weighted by molar-refractivity contribution is 0.446. The molecule has 0 aliphatic carbocycles. The number of imidazole rings is 1. The van der Waals surface area contributed by atoms with Gasteiger partial charge in [0, 0.05) is 44.8 Å². The van der Waals surface area contributed by atoms with Gasteiger partial charge in [-0.1, -0.05) is 198 Å². The molecule has 11 rings (SSSR count). The van der Waals surface area contributed by atoms with Crippen molar-refractivity contribution in [2.75, 3.05) is 0 Å². The summed E-state index contributed by atoms with van der Waals surface area (Å²) < 4.78 is 8.99. The molecule has 0 saturated carbocycles. The normalized spacial score (nSPS) is 12.6. The number of rotatable bonds is 7. The van der Waals surface area contributed by atoms with E-state index in [-0.39, 0.29) is 27.4 Å². The van der Waals surface area contributed by atoms with Crippen LogP contribution in [0.5, 0.6) is 5.75 Å². The zero-order chi connectivity index (χ0) is 52.8. The van der Waals surface area contributed by atoms with E-state index in [1.165, 1.54) is 11.1 Å². The highest BCUT2D eigenvalue weighted by molar-refractivity contribution is 6.10. The Morgan fingerprint density at radius 3 is 1.72 bits per heavy atom. The number of pyridine rings is 1. The zero-order valence-corrected chi connectivity index (χ0v) is 45.5. The fourth-order valence-electron chi connectivity index (χ4n) is 10.6. The van der Waals surface area contributed by atoms with Crippen molar-refractivity contribution < 1.29 is 9.52 Å². The SMILES string of the molecule is CC(C)(C)c1cc(-c2cc(-c3ccc4c(c3)oc3c(-c5ccccc5)cccc34)ccn2)cc(-c2cccc3c2nc(-c2cc(C(C)(C)C)cc(C(C)(C)C)c2O)n3-c2ccc(C(C)(C)C)cc2-c2ccccc2)c1. The van der Waals surface area contributed by atoms with Gasteiger partial charge in [0.15, 0.2) is 0 Å². The monoisotopic (exact) mass is 982 g/mol. The zero-order valence-electron chi connectivity index (χ0n) is 45.5. The maximum Gasteiger partial charge on any atom is 0.149 e. The highest BCUT2D eigenvalue weighted by Gasteiger charge is 2.30. The van der Waals surface area contributed by atoms with Crippen molar-refractivity contribution in [2.45, 2.75) is 105 Å². The summed E-state index contributed by atoms with van der Waals surface area (Å²) in [6, 6.07) is 62.9. The van der Waals surface area contributed by atoms with Crippen molar-refractivity contribution in [3.8, 4) is 78.6 Å². The predicted molar refractivity (Wildman–Crippen MR) is 315 cm³/mol. The number of fused-ring (bicyclic) bond motifs is 4. The van der Waals surface area contributed by atoms with Crippen molar-refractivity contribution in [1.29, 1.82) is 0 Å². The number of aromatic hydroxyl groups is 1. The van der Waals surface area contributed by atoms with Crippen LogP contribution in [0.4, 0.5) is 0 Å². The quantitative estimate of drug-likeness (QED) is 0.173. The lowest BCUT2D eigenvalue weighted by Gasteiger charge is -2.28. The largest absolute Gasteiger partial charge is 0.507 e. The van der Waals surface area contributed by atoms with Crippen molar-refractivity contribution in [1.82, 2.24) is 14.5 Å². The van der Waals surface area contributed by atoms with E-state index in [2.05, 4.69) is 258 Å². The molecule has 11 aromatic rings. The molecule has 5 nitrogen and oxygen atoms in total. The van der Waals surface area contributed by atoms with Crippen LogP contribution in [0.3, 0.4) is 0 Å². The van der Waals surface area contributed by atoms with Gasteiger partial charge in [-0.25, -0.2) is 4.98 Å². The van der Waals surface area contributed by atoms with Crippen molar-refractivity contribution >= 4 is 33.0 Å². The third-order valence-electron chi connectivity index (χ3n) is 15.0. The van der Waals surface area contributed by atoms with Crippen molar-refractivity contribution in [3.63, 3.8) is 0 Å². The number of nitrogens with zero attached hydrogens (tertiary/aromatic N) is 3. The van der Waals surface area contributed by atoms with Gasteiger partial charge in [-0.2, -0.15) is 0 Å². The van der Waals surface area contributed by atoms with Gasteiger partial charge in [-0.05, 0) is 127 Å². The molecule has 0 amide bonds. The van der Waals surface area contributed by atoms with Gasteiger partial charge in [0.2, 0.25) is 0 Å². The molecular weight excluding hydrogens is 915 g/mol. The van der Waals surface area contributed by atoms with Gasteiger partial charge < -0.3 is 9.52 Å². The Morgan fingerprint density at radius 1 is 0.427 bits per heavy atom. The van der Waals surface area contributed by atoms with E-state index < -0.39 is 0 Å². The smallest absolute Gasteiger partial charge is 0.149 e. The highest BCUT2D eigenvalue weighted by Crippen LogP contribution is 2.47. The van der Waals surface area contributed by atoms with Crippen LogP contribution in [0, 0.1) is 0 Å². The van der Waals surface area contributed by atoms with Crippen molar-refractivity contribution in [3.05, 3.63) is 204 Å². The maximum absolute atomic E-state index is 12.7. The minimum absolute atomic E-state index is 0.0878.